The molecule has 0 spiro atoms. The minimum Gasteiger partial charge on any atom is -0.320 e. The highest BCUT2D eigenvalue weighted by Crippen LogP contribution is 2.26. The molecule has 1 aliphatic rings. The van der Waals surface area contributed by atoms with Crippen molar-refractivity contribution in [1.82, 2.24) is 9.29 Å². The third kappa shape index (κ3) is 4.05. The van der Waals surface area contributed by atoms with Crippen LogP contribution in [0.4, 0.5) is 5.69 Å². The summed E-state index contributed by atoms with van der Waals surface area (Å²) in [5, 5.41) is 4.61. The number of hydrogen-bond donors (Lipinski definition) is 1. The van der Waals surface area contributed by atoms with Crippen molar-refractivity contribution >= 4 is 44.0 Å². The van der Waals surface area contributed by atoms with Gasteiger partial charge in [-0.15, -0.1) is 0 Å². The number of carbonyl (C=O) groups excluding carboxylic acids is 1. The largest absolute Gasteiger partial charge is 0.320 e. The van der Waals surface area contributed by atoms with E-state index in [1.165, 1.54) is 10.4 Å². The molecule has 156 valence electrons. The van der Waals surface area contributed by atoms with Crippen molar-refractivity contribution in [3.8, 4) is 0 Å². The van der Waals surface area contributed by atoms with Crippen LogP contribution in [-0.2, 0) is 10.0 Å². The lowest BCUT2D eigenvalue weighted by molar-refractivity contribution is 0.102. The lowest BCUT2D eigenvalue weighted by Gasteiger charge is -2.26. The van der Waals surface area contributed by atoms with E-state index in [4.69, 9.17) is 11.6 Å². The number of aryl methyl sites for hydroxylation is 1. The molecule has 2 heterocycles. The smallest absolute Gasteiger partial charge is 0.274 e. The van der Waals surface area contributed by atoms with Crippen molar-refractivity contribution in [2.45, 2.75) is 31.1 Å². The highest BCUT2D eigenvalue weighted by atomic mass is 35.5. The zero-order chi connectivity index (χ0) is 21.3. The lowest BCUT2D eigenvalue weighted by atomic mass is 10.1. The molecule has 0 bridgehead atoms. The van der Waals surface area contributed by atoms with E-state index in [1.54, 1.807) is 18.2 Å². The van der Waals surface area contributed by atoms with Crippen LogP contribution >= 0.6 is 11.6 Å². The second kappa shape index (κ2) is 8.34. The van der Waals surface area contributed by atoms with Crippen molar-refractivity contribution in [1.29, 1.82) is 0 Å². The van der Waals surface area contributed by atoms with Gasteiger partial charge in [-0.3, -0.25) is 4.79 Å². The summed E-state index contributed by atoms with van der Waals surface area (Å²) in [5.41, 5.74) is 1.36. The molecule has 4 rings (SSSR count). The fourth-order valence-corrected chi connectivity index (χ4v) is 5.42. The molecule has 0 unspecified atom stereocenters. The number of benzene rings is 2. The van der Waals surface area contributed by atoms with Crippen LogP contribution in [0.5, 0.6) is 0 Å². The molecule has 1 saturated heterocycles. The molecular formula is C22H22ClN3O3S. The molecule has 1 amide bonds. The van der Waals surface area contributed by atoms with Crippen molar-refractivity contribution in [2.24, 2.45) is 0 Å². The topological polar surface area (TPSA) is 79.4 Å². The van der Waals surface area contributed by atoms with E-state index in [1.807, 2.05) is 31.2 Å². The molecule has 1 aliphatic heterocycles. The molecule has 1 N–H and O–H groups in total. The number of nitrogens with one attached hydrogen (secondary N) is 1. The maximum absolute atomic E-state index is 13.0. The van der Waals surface area contributed by atoms with E-state index in [-0.39, 0.29) is 15.7 Å². The van der Waals surface area contributed by atoms with Crippen molar-refractivity contribution < 1.29 is 13.2 Å². The summed E-state index contributed by atoms with van der Waals surface area (Å²) in [7, 11) is -3.59. The summed E-state index contributed by atoms with van der Waals surface area (Å²) in [6, 6.07) is 13.9. The monoisotopic (exact) mass is 443 g/mol. The number of hydrogen-bond acceptors (Lipinski definition) is 4. The highest BCUT2D eigenvalue weighted by molar-refractivity contribution is 7.89. The van der Waals surface area contributed by atoms with Gasteiger partial charge in [0.1, 0.15) is 10.8 Å². The maximum Gasteiger partial charge on any atom is 0.274 e. The fourth-order valence-electron chi connectivity index (χ4n) is 3.61. The number of aromatic nitrogens is 1. The molecule has 8 heteroatoms. The fraction of sp³-hybridized carbons (Fsp3) is 0.273. The first-order valence-corrected chi connectivity index (χ1v) is 11.7. The van der Waals surface area contributed by atoms with E-state index in [0.29, 0.717) is 18.8 Å². The molecule has 3 aromatic rings. The zero-order valence-electron chi connectivity index (χ0n) is 16.6. The number of fused-ring (bicyclic) bond motifs is 1. The molecule has 30 heavy (non-hydrogen) atoms. The van der Waals surface area contributed by atoms with E-state index in [2.05, 4.69) is 10.3 Å². The number of nitrogens with zero attached hydrogens (tertiary/aromatic N) is 2. The number of anilines is 1. The number of sulfonamides is 1. The number of amides is 1. The van der Waals surface area contributed by atoms with Gasteiger partial charge in [-0.1, -0.05) is 48.4 Å². The first-order chi connectivity index (χ1) is 14.4. The van der Waals surface area contributed by atoms with E-state index >= 15 is 0 Å². The van der Waals surface area contributed by atoms with Crippen LogP contribution in [0, 0.1) is 6.92 Å². The third-order valence-electron chi connectivity index (χ3n) is 5.34. The quantitative estimate of drug-likeness (QED) is 0.596. The minimum absolute atomic E-state index is 0.169. The number of halogens is 1. The molecule has 1 aromatic heterocycles. The van der Waals surface area contributed by atoms with E-state index in [9.17, 15) is 13.2 Å². The van der Waals surface area contributed by atoms with Gasteiger partial charge < -0.3 is 5.32 Å². The van der Waals surface area contributed by atoms with Crippen molar-refractivity contribution in [2.75, 3.05) is 18.4 Å². The van der Waals surface area contributed by atoms with Gasteiger partial charge in [-0.25, -0.2) is 13.4 Å². The van der Waals surface area contributed by atoms with Crippen LogP contribution in [0.25, 0.3) is 10.8 Å². The molecule has 0 atom stereocenters. The minimum atomic E-state index is -3.59. The van der Waals surface area contributed by atoms with Crippen LogP contribution in [-0.4, -0.2) is 36.7 Å². The Bertz CT molecular complexity index is 1220. The number of rotatable bonds is 4. The van der Waals surface area contributed by atoms with Gasteiger partial charge >= 0.3 is 0 Å². The molecule has 2 aromatic carbocycles. The van der Waals surface area contributed by atoms with Gasteiger partial charge in [-0.2, -0.15) is 4.31 Å². The molecule has 0 saturated carbocycles. The Morgan fingerprint density at radius 3 is 2.57 bits per heavy atom. The van der Waals surface area contributed by atoms with Gasteiger partial charge in [0, 0.05) is 24.2 Å². The summed E-state index contributed by atoms with van der Waals surface area (Å²) < 4.78 is 27.5. The Morgan fingerprint density at radius 2 is 1.80 bits per heavy atom. The summed E-state index contributed by atoms with van der Waals surface area (Å²) in [4.78, 5) is 17.2. The summed E-state index contributed by atoms with van der Waals surface area (Å²) >= 11 is 6.24. The van der Waals surface area contributed by atoms with Crippen molar-refractivity contribution in [3.05, 3.63) is 64.9 Å². The molecule has 6 nitrogen and oxygen atoms in total. The maximum atomic E-state index is 13.0. The van der Waals surface area contributed by atoms with Gasteiger partial charge in [0.15, 0.2) is 0 Å². The number of piperidine rings is 1. The van der Waals surface area contributed by atoms with Gasteiger partial charge in [0.2, 0.25) is 10.0 Å². The van der Waals surface area contributed by atoms with Crippen LogP contribution in [0.2, 0.25) is 5.15 Å². The lowest BCUT2D eigenvalue weighted by Crippen LogP contribution is -2.35. The number of pyridine rings is 1. The SMILES string of the molecule is Cc1ccc(S(=O)(=O)N2CCCCC2)cc1NC(=O)c1cc2ccccc2c(Cl)n1. The van der Waals surface area contributed by atoms with Crippen LogP contribution < -0.4 is 5.32 Å². The molecule has 0 aliphatic carbocycles. The van der Waals surface area contributed by atoms with Crippen LogP contribution in [0.3, 0.4) is 0 Å². The van der Waals surface area contributed by atoms with Crippen molar-refractivity contribution in [3.63, 3.8) is 0 Å². The number of carbonyl (C=O) groups is 1. The van der Waals surface area contributed by atoms with Crippen LogP contribution in [0.15, 0.2) is 53.4 Å². The second-order valence-corrected chi connectivity index (χ2v) is 9.71. The Balaban J connectivity index is 1.63. The van der Waals surface area contributed by atoms with Gasteiger partial charge in [0.05, 0.1) is 4.90 Å². The normalized spacial score (nSPS) is 15.3. The highest BCUT2D eigenvalue weighted by Gasteiger charge is 2.26. The summed E-state index contributed by atoms with van der Waals surface area (Å²) in [5.74, 6) is -0.446. The van der Waals surface area contributed by atoms with E-state index < -0.39 is 15.9 Å². The predicted octanol–water partition coefficient (Wildman–Crippen LogP) is 4.62. The predicted molar refractivity (Wildman–Crippen MR) is 118 cm³/mol. The van der Waals surface area contributed by atoms with E-state index in [0.717, 1.165) is 35.6 Å². The Morgan fingerprint density at radius 1 is 1.07 bits per heavy atom. The standard InChI is InChI=1S/C22H22ClN3O3S/c1-15-9-10-17(30(28,29)26-11-5-2-6-12-26)14-19(15)25-22(27)20-13-16-7-3-4-8-18(16)21(23)24-20/h3-4,7-10,13-14H,2,5-6,11-12H2,1H3,(H,25,27). The Labute approximate surface area is 180 Å². The Kier molecular flexibility index (Phi) is 5.77. The zero-order valence-corrected chi connectivity index (χ0v) is 18.1. The average molecular weight is 444 g/mol. The first-order valence-electron chi connectivity index (χ1n) is 9.84. The molecule has 1 fully saturated rings. The van der Waals surface area contributed by atoms with Crippen LogP contribution in [0.1, 0.15) is 35.3 Å². The summed E-state index contributed by atoms with van der Waals surface area (Å²) in [6.45, 7) is 2.86. The van der Waals surface area contributed by atoms with Gasteiger partial charge in [0.25, 0.3) is 5.91 Å². The summed E-state index contributed by atoms with van der Waals surface area (Å²) in [6.07, 6.45) is 2.77. The molecular weight excluding hydrogens is 422 g/mol. The molecule has 0 radical (unpaired) electrons. The van der Waals surface area contributed by atoms with Gasteiger partial charge in [-0.05, 0) is 48.9 Å². The average Bonchev–Trinajstić information content (AvgIpc) is 2.75. The second-order valence-electron chi connectivity index (χ2n) is 7.42. The third-order valence-corrected chi connectivity index (χ3v) is 7.52. The first kappa shape index (κ1) is 20.8. The Hall–Kier alpha value is -2.48.